The van der Waals surface area contributed by atoms with E-state index in [4.69, 9.17) is 11.6 Å². The standard InChI is InChI=1S/C29H24ClF2N5O/c1-17-7-25-27(8-18(17)2)37(16-35-25)14-28(38)36-26(11-19-9-22(31)12-23(32)10-19)29-24(13-33-15-34-29)20-3-5-21(30)6-4-20/h3-10,12-13,15-16,26H,11,14H2,1-2H3,(H,36,38). The number of nitrogens with one attached hydrogen (secondary N) is 1. The number of carbonyl (C=O) groups excluding carboxylic acids is 1. The summed E-state index contributed by atoms with van der Waals surface area (Å²) < 4.78 is 29.8. The van der Waals surface area contributed by atoms with Crippen molar-refractivity contribution in [2.24, 2.45) is 0 Å². The first-order chi connectivity index (χ1) is 18.3. The van der Waals surface area contributed by atoms with Gasteiger partial charge in [0.2, 0.25) is 5.91 Å². The van der Waals surface area contributed by atoms with Gasteiger partial charge in [0.05, 0.1) is 29.1 Å². The average Bonchev–Trinajstić information content (AvgIpc) is 3.24. The van der Waals surface area contributed by atoms with Gasteiger partial charge in [0.25, 0.3) is 0 Å². The van der Waals surface area contributed by atoms with E-state index in [9.17, 15) is 13.6 Å². The molecule has 6 nitrogen and oxygen atoms in total. The molecule has 1 unspecified atom stereocenters. The Hall–Kier alpha value is -4.17. The zero-order valence-electron chi connectivity index (χ0n) is 20.8. The van der Waals surface area contributed by atoms with Gasteiger partial charge in [-0.1, -0.05) is 23.7 Å². The summed E-state index contributed by atoms with van der Waals surface area (Å²) in [5.74, 6) is -1.69. The molecule has 3 aromatic carbocycles. The fourth-order valence-electron chi connectivity index (χ4n) is 4.48. The SMILES string of the molecule is Cc1cc2ncn(CC(=O)NC(Cc3cc(F)cc(F)c3)c3ncncc3-c3ccc(Cl)cc3)c2cc1C. The monoisotopic (exact) mass is 531 g/mol. The molecule has 0 aliphatic heterocycles. The average molecular weight is 532 g/mol. The number of hydrogen-bond acceptors (Lipinski definition) is 4. The summed E-state index contributed by atoms with van der Waals surface area (Å²) in [7, 11) is 0. The van der Waals surface area contributed by atoms with Crippen molar-refractivity contribution >= 4 is 28.5 Å². The maximum atomic E-state index is 14.0. The largest absolute Gasteiger partial charge is 0.346 e. The highest BCUT2D eigenvalue weighted by atomic mass is 35.5. The highest BCUT2D eigenvalue weighted by Crippen LogP contribution is 2.29. The molecule has 0 fully saturated rings. The summed E-state index contributed by atoms with van der Waals surface area (Å²) in [6, 6.07) is 13.8. The maximum Gasteiger partial charge on any atom is 0.240 e. The summed E-state index contributed by atoms with van der Waals surface area (Å²) in [6.07, 6.45) is 4.77. The number of halogens is 3. The number of fused-ring (bicyclic) bond motifs is 1. The lowest BCUT2D eigenvalue weighted by molar-refractivity contribution is -0.122. The zero-order chi connectivity index (χ0) is 26.8. The smallest absolute Gasteiger partial charge is 0.240 e. The Bertz CT molecular complexity index is 1610. The van der Waals surface area contributed by atoms with Crippen LogP contribution in [0.1, 0.15) is 28.4 Å². The van der Waals surface area contributed by atoms with E-state index in [1.54, 1.807) is 29.2 Å². The fourth-order valence-corrected chi connectivity index (χ4v) is 4.61. The topological polar surface area (TPSA) is 72.7 Å². The minimum Gasteiger partial charge on any atom is -0.346 e. The molecule has 0 bridgehead atoms. The summed E-state index contributed by atoms with van der Waals surface area (Å²) >= 11 is 6.07. The molecule has 5 aromatic rings. The fraction of sp³-hybridized carbons (Fsp3) is 0.172. The van der Waals surface area contributed by atoms with Crippen molar-refractivity contribution in [2.45, 2.75) is 32.9 Å². The number of rotatable bonds is 7. The van der Waals surface area contributed by atoms with Crippen LogP contribution in [0.4, 0.5) is 8.78 Å². The third-order valence-electron chi connectivity index (χ3n) is 6.48. The van der Waals surface area contributed by atoms with Crippen LogP contribution >= 0.6 is 11.6 Å². The van der Waals surface area contributed by atoms with E-state index in [2.05, 4.69) is 20.3 Å². The summed E-state index contributed by atoms with van der Waals surface area (Å²) in [6.45, 7) is 4.03. The van der Waals surface area contributed by atoms with Crippen molar-refractivity contribution in [3.8, 4) is 11.1 Å². The van der Waals surface area contributed by atoms with E-state index >= 15 is 0 Å². The van der Waals surface area contributed by atoms with Crippen LogP contribution in [0.2, 0.25) is 5.02 Å². The molecule has 0 aliphatic rings. The van der Waals surface area contributed by atoms with Crippen LogP contribution in [0.3, 0.4) is 0 Å². The highest BCUT2D eigenvalue weighted by Gasteiger charge is 2.22. The summed E-state index contributed by atoms with van der Waals surface area (Å²) in [5.41, 5.74) is 6.22. The highest BCUT2D eigenvalue weighted by molar-refractivity contribution is 6.30. The van der Waals surface area contributed by atoms with Crippen molar-refractivity contribution in [1.29, 1.82) is 0 Å². The second-order valence-electron chi connectivity index (χ2n) is 9.23. The lowest BCUT2D eigenvalue weighted by Crippen LogP contribution is -2.33. The lowest BCUT2D eigenvalue weighted by Gasteiger charge is -2.21. The zero-order valence-corrected chi connectivity index (χ0v) is 21.5. The minimum atomic E-state index is -0.698. The van der Waals surface area contributed by atoms with Gasteiger partial charge in [0, 0.05) is 22.8 Å². The van der Waals surface area contributed by atoms with E-state index in [0.717, 1.165) is 33.8 Å². The van der Waals surface area contributed by atoms with E-state index in [1.807, 2.05) is 38.1 Å². The van der Waals surface area contributed by atoms with Gasteiger partial charge in [-0.3, -0.25) is 4.79 Å². The van der Waals surface area contributed by atoms with Crippen LogP contribution in [0, 0.1) is 25.5 Å². The van der Waals surface area contributed by atoms with E-state index in [1.165, 1.54) is 18.5 Å². The number of aryl methyl sites for hydroxylation is 2. The predicted molar refractivity (Wildman–Crippen MR) is 143 cm³/mol. The van der Waals surface area contributed by atoms with Gasteiger partial charge in [0.15, 0.2) is 0 Å². The van der Waals surface area contributed by atoms with E-state index < -0.39 is 17.7 Å². The molecule has 0 saturated heterocycles. The Morgan fingerprint density at radius 3 is 2.45 bits per heavy atom. The van der Waals surface area contributed by atoms with E-state index in [0.29, 0.717) is 21.8 Å². The van der Waals surface area contributed by atoms with Crippen molar-refractivity contribution in [3.05, 3.63) is 112 Å². The summed E-state index contributed by atoms with van der Waals surface area (Å²) in [4.78, 5) is 26.4. The molecule has 0 spiro atoms. The number of amides is 1. The number of carbonyl (C=O) groups is 1. The quantitative estimate of drug-likeness (QED) is 0.274. The van der Waals surface area contributed by atoms with Gasteiger partial charge in [-0.15, -0.1) is 0 Å². The van der Waals surface area contributed by atoms with Crippen molar-refractivity contribution < 1.29 is 13.6 Å². The first-order valence-electron chi connectivity index (χ1n) is 12.0. The second kappa shape index (κ2) is 10.7. The molecular formula is C29H24ClF2N5O. The van der Waals surface area contributed by atoms with Crippen LogP contribution in [-0.2, 0) is 17.8 Å². The molecule has 5 rings (SSSR count). The number of aromatic nitrogens is 4. The molecular weight excluding hydrogens is 508 g/mol. The molecule has 2 heterocycles. The normalized spacial score (nSPS) is 12.0. The van der Waals surface area contributed by atoms with Gasteiger partial charge in [0.1, 0.15) is 24.5 Å². The molecule has 38 heavy (non-hydrogen) atoms. The van der Waals surface area contributed by atoms with Gasteiger partial charge in [-0.05, 0) is 78.9 Å². The first kappa shape index (κ1) is 25.5. The first-order valence-corrected chi connectivity index (χ1v) is 12.4. The van der Waals surface area contributed by atoms with Gasteiger partial charge >= 0.3 is 0 Å². The number of hydrogen-bond donors (Lipinski definition) is 1. The lowest BCUT2D eigenvalue weighted by atomic mass is 9.96. The van der Waals surface area contributed by atoms with Crippen LogP contribution in [-0.4, -0.2) is 25.4 Å². The van der Waals surface area contributed by atoms with Gasteiger partial charge in [-0.2, -0.15) is 0 Å². The Kier molecular flexibility index (Phi) is 7.15. The van der Waals surface area contributed by atoms with Crippen molar-refractivity contribution in [2.75, 3.05) is 0 Å². The second-order valence-corrected chi connectivity index (χ2v) is 9.66. The van der Waals surface area contributed by atoms with Crippen LogP contribution < -0.4 is 5.32 Å². The third kappa shape index (κ3) is 5.55. The van der Waals surface area contributed by atoms with Crippen LogP contribution in [0.15, 0.2) is 73.4 Å². The Balaban J connectivity index is 1.49. The maximum absolute atomic E-state index is 14.0. The van der Waals surface area contributed by atoms with E-state index in [-0.39, 0.29) is 18.9 Å². The van der Waals surface area contributed by atoms with Crippen molar-refractivity contribution in [1.82, 2.24) is 24.8 Å². The molecule has 0 aliphatic carbocycles. The third-order valence-corrected chi connectivity index (χ3v) is 6.73. The Morgan fingerprint density at radius 2 is 1.71 bits per heavy atom. The Morgan fingerprint density at radius 1 is 1.00 bits per heavy atom. The molecule has 0 saturated carbocycles. The molecule has 2 aromatic heterocycles. The number of benzene rings is 3. The molecule has 1 atom stereocenters. The molecule has 192 valence electrons. The van der Waals surface area contributed by atoms with Crippen LogP contribution in [0.5, 0.6) is 0 Å². The summed E-state index contributed by atoms with van der Waals surface area (Å²) in [5, 5.41) is 3.60. The number of imidazole rings is 1. The molecule has 9 heteroatoms. The van der Waals surface area contributed by atoms with Gasteiger partial charge < -0.3 is 9.88 Å². The predicted octanol–water partition coefficient (Wildman–Crippen LogP) is 6.14. The minimum absolute atomic E-state index is 0.00831. The van der Waals surface area contributed by atoms with Crippen LogP contribution in [0.25, 0.3) is 22.2 Å². The molecule has 1 amide bonds. The molecule has 0 radical (unpaired) electrons. The van der Waals surface area contributed by atoms with Gasteiger partial charge in [-0.25, -0.2) is 23.7 Å². The number of nitrogens with zero attached hydrogens (tertiary/aromatic N) is 4. The molecule has 1 N–H and O–H groups in total. The Labute approximate surface area is 223 Å². The van der Waals surface area contributed by atoms with Crippen molar-refractivity contribution in [3.63, 3.8) is 0 Å².